The SMILES string of the molecule is O=C(O)C1C(C(=O)O)C2(Br)C(Br)=C(Br)C1(Br)C2(Br)Br. The minimum Gasteiger partial charge on any atom is -0.481 e. The molecule has 10 heteroatoms. The standard InChI is InChI=1S/C9H4Br6O4/c10-3-4(11)8(13)2(6(18)19)1(5(16)17)7(3,12)9(8,14)15/h1-2H,(H,16,17)(H,18,19). The molecule has 2 rings (SSSR count). The Balaban J connectivity index is 2.84. The van der Waals surface area contributed by atoms with Gasteiger partial charge in [-0.1, -0.05) is 95.6 Å². The summed E-state index contributed by atoms with van der Waals surface area (Å²) in [5, 5.41) is 18.9. The Morgan fingerprint density at radius 1 is 0.842 bits per heavy atom. The normalized spacial score (nSPS) is 43.7. The number of hydrogen-bond donors (Lipinski definition) is 2. The first-order valence-electron chi connectivity index (χ1n) is 4.73. The highest BCUT2D eigenvalue weighted by molar-refractivity contribution is 9.27. The van der Waals surface area contributed by atoms with E-state index in [1.54, 1.807) is 0 Å². The molecule has 2 N–H and O–H groups in total. The molecule has 0 amide bonds. The van der Waals surface area contributed by atoms with Crippen molar-refractivity contribution in [1.82, 2.24) is 0 Å². The van der Waals surface area contributed by atoms with Crippen LogP contribution in [0.25, 0.3) is 0 Å². The van der Waals surface area contributed by atoms with Crippen molar-refractivity contribution in [2.75, 3.05) is 0 Å². The number of allylic oxidation sites excluding steroid dienone is 2. The lowest BCUT2D eigenvalue weighted by atomic mass is 9.83. The van der Waals surface area contributed by atoms with E-state index in [0.717, 1.165) is 0 Å². The van der Waals surface area contributed by atoms with Crippen molar-refractivity contribution in [2.45, 2.75) is 11.9 Å². The minimum absolute atomic E-state index is 0.551. The highest BCUT2D eigenvalue weighted by Gasteiger charge is 2.83. The van der Waals surface area contributed by atoms with E-state index in [4.69, 9.17) is 0 Å². The van der Waals surface area contributed by atoms with Crippen LogP contribution in [-0.2, 0) is 9.59 Å². The second-order valence-corrected chi connectivity index (χ2v) is 11.8. The summed E-state index contributed by atoms with van der Waals surface area (Å²) in [7, 11) is 0. The lowest BCUT2D eigenvalue weighted by molar-refractivity contribution is -0.153. The number of aliphatic carboxylic acids is 2. The van der Waals surface area contributed by atoms with E-state index in [9.17, 15) is 19.8 Å². The second-order valence-electron chi connectivity index (χ2n) is 4.26. The van der Waals surface area contributed by atoms with Crippen LogP contribution in [-0.4, -0.2) is 34.0 Å². The monoisotopic (exact) mass is 650 g/mol. The minimum atomic E-state index is -1.19. The number of rotatable bonds is 2. The van der Waals surface area contributed by atoms with Gasteiger partial charge in [-0.3, -0.25) is 9.59 Å². The van der Waals surface area contributed by atoms with Gasteiger partial charge in [0.15, 0.2) is 0 Å². The van der Waals surface area contributed by atoms with Gasteiger partial charge in [0, 0.05) is 8.96 Å². The Bertz CT molecular complexity index is 487. The van der Waals surface area contributed by atoms with Crippen LogP contribution in [0, 0.1) is 11.8 Å². The van der Waals surface area contributed by atoms with E-state index >= 15 is 0 Å². The molecule has 0 heterocycles. The van der Waals surface area contributed by atoms with Crippen molar-refractivity contribution in [3.05, 3.63) is 8.96 Å². The van der Waals surface area contributed by atoms with Gasteiger partial charge in [-0.05, 0) is 0 Å². The number of fused-ring (bicyclic) bond motifs is 2. The zero-order chi connectivity index (χ0) is 15.0. The van der Waals surface area contributed by atoms with Crippen LogP contribution in [0.15, 0.2) is 8.96 Å². The number of hydrogen-bond acceptors (Lipinski definition) is 2. The van der Waals surface area contributed by atoms with E-state index < -0.39 is 35.7 Å². The lowest BCUT2D eigenvalue weighted by Gasteiger charge is -2.34. The Kier molecular flexibility index (Phi) is 4.25. The molecule has 2 bridgehead atoms. The number of carboxylic acids is 2. The molecular formula is C9H4Br6O4. The van der Waals surface area contributed by atoms with Crippen molar-refractivity contribution in [1.29, 1.82) is 0 Å². The molecule has 4 atom stereocenters. The van der Waals surface area contributed by atoms with Crippen molar-refractivity contribution in [3.8, 4) is 0 Å². The van der Waals surface area contributed by atoms with Crippen LogP contribution < -0.4 is 0 Å². The highest BCUT2D eigenvalue weighted by atomic mass is 79.9. The van der Waals surface area contributed by atoms with Gasteiger partial charge in [-0.15, -0.1) is 0 Å². The van der Waals surface area contributed by atoms with Crippen molar-refractivity contribution in [2.24, 2.45) is 11.8 Å². The Labute approximate surface area is 158 Å². The maximum absolute atomic E-state index is 11.6. The van der Waals surface area contributed by atoms with Gasteiger partial charge in [0.2, 0.25) is 0 Å². The Morgan fingerprint density at radius 3 is 1.32 bits per heavy atom. The highest BCUT2D eigenvalue weighted by Crippen LogP contribution is 2.79. The summed E-state index contributed by atoms with van der Waals surface area (Å²) < 4.78 is -2.20. The van der Waals surface area contributed by atoms with Crippen LogP contribution in [0.3, 0.4) is 0 Å². The van der Waals surface area contributed by atoms with Crippen LogP contribution in [0.1, 0.15) is 0 Å². The fourth-order valence-corrected chi connectivity index (χ4v) is 9.91. The number of alkyl halides is 4. The van der Waals surface area contributed by atoms with Gasteiger partial charge < -0.3 is 10.2 Å². The second kappa shape index (κ2) is 4.78. The molecule has 4 nitrogen and oxygen atoms in total. The molecule has 106 valence electrons. The molecule has 0 aromatic heterocycles. The van der Waals surface area contributed by atoms with Crippen molar-refractivity contribution in [3.63, 3.8) is 0 Å². The predicted molar refractivity (Wildman–Crippen MR) is 91.0 cm³/mol. The molecule has 2 aliphatic rings. The summed E-state index contributed by atoms with van der Waals surface area (Å²) in [6, 6.07) is 0. The first-order chi connectivity index (χ1) is 8.45. The van der Waals surface area contributed by atoms with Gasteiger partial charge in [-0.25, -0.2) is 0 Å². The lowest BCUT2D eigenvalue weighted by Crippen LogP contribution is -2.44. The maximum Gasteiger partial charge on any atom is 0.309 e. The maximum atomic E-state index is 11.6. The fraction of sp³-hybridized carbons (Fsp3) is 0.556. The van der Waals surface area contributed by atoms with Crippen molar-refractivity contribution >= 4 is 108 Å². The first kappa shape index (κ1) is 16.9. The van der Waals surface area contributed by atoms with Gasteiger partial charge >= 0.3 is 11.9 Å². The molecule has 1 saturated carbocycles. The Morgan fingerprint density at radius 2 is 1.11 bits per heavy atom. The van der Waals surface area contributed by atoms with Crippen LogP contribution in [0.4, 0.5) is 0 Å². The Hall–Kier alpha value is 1.56. The fourth-order valence-electron chi connectivity index (χ4n) is 2.61. The molecule has 0 saturated heterocycles. The topological polar surface area (TPSA) is 74.6 Å². The van der Waals surface area contributed by atoms with E-state index in [2.05, 4.69) is 95.6 Å². The summed E-state index contributed by atoms with van der Waals surface area (Å²) in [6.07, 6.45) is 0. The van der Waals surface area contributed by atoms with E-state index in [1.165, 1.54) is 0 Å². The molecule has 4 unspecified atom stereocenters. The summed E-state index contributed by atoms with van der Waals surface area (Å²) >= 11 is 20.4. The molecule has 0 aromatic carbocycles. The average molecular weight is 656 g/mol. The summed E-state index contributed by atoms with van der Waals surface area (Å²) in [4.78, 5) is 23.2. The zero-order valence-corrected chi connectivity index (χ0v) is 18.1. The molecule has 1 fully saturated rings. The largest absolute Gasteiger partial charge is 0.481 e. The van der Waals surface area contributed by atoms with Crippen LogP contribution in [0.2, 0.25) is 0 Å². The summed E-state index contributed by atoms with van der Waals surface area (Å²) in [6.45, 7) is 0. The van der Waals surface area contributed by atoms with E-state index in [0.29, 0.717) is 8.96 Å². The molecule has 0 aliphatic heterocycles. The predicted octanol–water partition coefficient (Wildman–Crippen LogP) is 4.17. The van der Waals surface area contributed by atoms with Gasteiger partial charge in [0.05, 0.1) is 20.5 Å². The van der Waals surface area contributed by atoms with E-state index in [1.807, 2.05) is 0 Å². The third-order valence-electron chi connectivity index (χ3n) is 3.47. The average Bonchev–Trinajstić information content (AvgIpc) is 2.48. The third-order valence-corrected chi connectivity index (χ3v) is 14.7. The summed E-state index contributed by atoms with van der Waals surface area (Å²) in [5.74, 6) is -4.71. The first-order valence-corrected chi connectivity index (χ1v) is 9.49. The molecule has 0 aromatic rings. The zero-order valence-electron chi connectivity index (χ0n) is 8.63. The van der Waals surface area contributed by atoms with Crippen LogP contribution in [0.5, 0.6) is 0 Å². The summed E-state index contributed by atoms with van der Waals surface area (Å²) in [5.41, 5.74) is 0. The molecule has 0 radical (unpaired) electrons. The number of halogens is 6. The van der Waals surface area contributed by atoms with Crippen molar-refractivity contribution < 1.29 is 19.8 Å². The van der Waals surface area contributed by atoms with Gasteiger partial charge in [-0.2, -0.15) is 0 Å². The number of carboxylic acid groups (broad SMARTS) is 2. The molecule has 2 aliphatic carbocycles. The number of carbonyl (C=O) groups is 2. The van der Waals surface area contributed by atoms with E-state index in [-0.39, 0.29) is 0 Å². The molecule has 0 spiro atoms. The third kappa shape index (κ3) is 1.70. The quantitative estimate of drug-likeness (QED) is 0.439. The van der Waals surface area contributed by atoms with Gasteiger partial charge in [0.25, 0.3) is 0 Å². The van der Waals surface area contributed by atoms with Crippen LogP contribution >= 0.6 is 95.6 Å². The van der Waals surface area contributed by atoms with Gasteiger partial charge in [0.1, 0.15) is 3.23 Å². The molecular weight excluding hydrogens is 652 g/mol. The molecule has 19 heavy (non-hydrogen) atoms. The smallest absolute Gasteiger partial charge is 0.309 e.